The van der Waals surface area contributed by atoms with Crippen molar-refractivity contribution in [2.45, 2.75) is 13.5 Å². The van der Waals surface area contributed by atoms with E-state index in [-0.39, 0.29) is 0 Å². The highest BCUT2D eigenvalue weighted by Crippen LogP contribution is 2.11. The van der Waals surface area contributed by atoms with E-state index < -0.39 is 0 Å². The number of methoxy groups -OCH3 is 1. The Morgan fingerprint density at radius 3 is 2.91 bits per heavy atom. The van der Waals surface area contributed by atoms with Crippen LogP contribution in [0.4, 0.5) is 0 Å². The van der Waals surface area contributed by atoms with Gasteiger partial charge in [-0.2, -0.15) is 5.10 Å². The van der Waals surface area contributed by atoms with E-state index >= 15 is 0 Å². The number of rotatable bonds is 3. The molecule has 0 saturated heterocycles. The molecule has 3 nitrogen and oxygen atoms in total. The first-order valence-corrected chi connectivity index (χ1v) is 3.80. The molecule has 11 heavy (non-hydrogen) atoms. The second-order valence-corrected chi connectivity index (χ2v) is 2.73. The Hall–Kier alpha value is -0.540. The Bertz CT molecular complexity index is 215. The monoisotopic (exact) mass is 174 g/mol. The minimum atomic E-state index is 0.664. The van der Waals surface area contributed by atoms with Gasteiger partial charge in [0.2, 0.25) is 0 Å². The van der Waals surface area contributed by atoms with Crippen LogP contribution in [0.2, 0.25) is 5.02 Å². The van der Waals surface area contributed by atoms with Crippen molar-refractivity contribution < 1.29 is 4.74 Å². The van der Waals surface area contributed by atoms with Crippen LogP contribution in [0.3, 0.4) is 0 Å². The van der Waals surface area contributed by atoms with Crippen LogP contribution >= 0.6 is 11.6 Å². The molecule has 0 aliphatic rings. The number of halogens is 1. The van der Waals surface area contributed by atoms with Crippen molar-refractivity contribution >= 4 is 11.6 Å². The molecule has 1 heterocycles. The van der Waals surface area contributed by atoms with Gasteiger partial charge in [-0.05, 0) is 6.92 Å². The first-order chi connectivity index (χ1) is 5.24. The highest BCUT2D eigenvalue weighted by Gasteiger charge is 1.99. The number of hydrogen-bond acceptors (Lipinski definition) is 2. The topological polar surface area (TPSA) is 27.1 Å². The summed E-state index contributed by atoms with van der Waals surface area (Å²) in [5.41, 5.74) is 0.864. The van der Waals surface area contributed by atoms with E-state index in [2.05, 4.69) is 5.10 Å². The van der Waals surface area contributed by atoms with Gasteiger partial charge in [-0.15, -0.1) is 0 Å². The van der Waals surface area contributed by atoms with Crippen LogP contribution < -0.4 is 0 Å². The maximum absolute atomic E-state index is 5.78. The second kappa shape index (κ2) is 3.74. The molecule has 1 aromatic rings. The quantitative estimate of drug-likeness (QED) is 0.695. The first-order valence-electron chi connectivity index (χ1n) is 3.42. The minimum absolute atomic E-state index is 0.664. The van der Waals surface area contributed by atoms with Crippen molar-refractivity contribution in [2.75, 3.05) is 13.7 Å². The van der Waals surface area contributed by atoms with Gasteiger partial charge in [-0.1, -0.05) is 11.6 Å². The summed E-state index contributed by atoms with van der Waals surface area (Å²) in [6.07, 6.45) is 1.80. The summed E-state index contributed by atoms with van der Waals surface area (Å²) in [6, 6.07) is 0. The van der Waals surface area contributed by atoms with Gasteiger partial charge in [-0.3, -0.25) is 4.68 Å². The van der Waals surface area contributed by atoms with E-state index in [0.29, 0.717) is 11.6 Å². The zero-order chi connectivity index (χ0) is 8.27. The molecular formula is C7H11ClN2O. The molecule has 0 aliphatic carbocycles. The van der Waals surface area contributed by atoms with E-state index in [9.17, 15) is 0 Å². The molecule has 0 spiro atoms. The molecule has 1 rings (SSSR count). The molecule has 0 aromatic carbocycles. The van der Waals surface area contributed by atoms with Crippen LogP contribution in [0, 0.1) is 6.92 Å². The number of hydrogen-bond donors (Lipinski definition) is 0. The predicted octanol–water partition coefficient (Wildman–Crippen LogP) is 1.49. The SMILES string of the molecule is COCCn1cc(Cl)c(C)n1. The molecule has 0 unspecified atom stereocenters. The van der Waals surface area contributed by atoms with Crippen LogP contribution in [0.1, 0.15) is 5.69 Å². The lowest BCUT2D eigenvalue weighted by Gasteiger charge is -1.97. The summed E-state index contributed by atoms with van der Waals surface area (Å²) in [5, 5.41) is 4.86. The van der Waals surface area contributed by atoms with Crippen molar-refractivity contribution in [3.8, 4) is 0 Å². The maximum Gasteiger partial charge on any atom is 0.0814 e. The molecule has 0 atom stereocenters. The molecule has 0 aliphatic heterocycles. The molecule has 0 saturated carbocycles. The minimum Gasteiger partial charge on any atom is -0.383 e. The van der Waals surface area contributed by atoms with Crippen molar-refractivity contribution in [3.63, 3.8) is 0 Å². The Morgan fingerprint density at radius 1 is 1.73 bits per heavy atom. The van der Waals surface area contributed by atoms with E-state index in [1.807, 2.05) is 6.92 Å². The molecule has 0 N–H and O–H groups in total. The van der Waals surface area contributed by atoms with Crippen LogP contribution in [0.25, 0.3) is 0 Å². The molecule has 1 aromatic heterocycles. The van der Waals surface area contributed by atoms with Gasteiger partial charge in [0.05, 0.1) is 23.9 Å². The smallest absolute Gasteiger partial charge is 0.0814 e. The largest absolute Gasteiger partial charge is 0.383 e. The summed E-state index contributed by atoms with van der Waals surface area (Å²) < 4.78 is 6.67. The Kier molecular flexibility index (Phi) is 2.91. The van der Waals surface area contributed by atoms with Crippen LogP contribution in [-0.2, 0) is 11.3 Å². The van der Waals surface area contributed by atoms with Gasteiger partial charge in [0, 0.05) is 13.3 Å². The van der Waals surface area contributed by atoms with Crippen LogP contribution in [0.15, 0.2) is 6.20 Å². The van der Waals surface area contributed by atoms with Gasteiger partial charge in [0.15, 0.2) is 0 Å². The average molecular weight is 175 g/mol. The van der Waals surface area contributed by atoms with Crippen molar-refractivity contribution in [1.82, 2.24) is 9.78 Å². The third kappa shape index (κ3) is 2.20. The molecule has 0 amide bonds. The van der Waals surface area contributed by atoms with Crippen LogP contribution in [-0.4, -0.2) is 23.5 Å². The van der Waals surface area contributed by atoms with Crippen LogP contribution in [0.5, 0.6) is 0 Å². The molecule has 0 bridgehead atoms. The second-order valence-electron chi connectivity index (χ2n) is 2.32. The summed E-state index contributed by atoms with van der Waals surface area (Å²) in [7, 11) is 1.66. The Balaban J connectivity index is 2.58. The van der Waals surface area contributed by atoms with Gasteiger partial charge in [0.1, 0.15) is 0 Å². The summed E-state index contributed by atoms with van der Waals surface area (Å²) in [6.45, 7) is 3.30. The third-order valence-electron chi connectivity index (χ3n) is 1.41. The van der Waals surface area contributed by atoms with Gasteiger partial charge >= 0.3 is 0 Å². The first kappa shape index (κ1) is 8.56. The van der Waals surface area contributed by atoms with Gasteiger partial charge < -0.3 is 4.74 Å². The molecular weight excluding hydrogens is 164 g/mol. The van der Waals surface area contributed by atoms with E-state index in [1.54, 1.807) is 18.0 Å². The lowest BCUT2D eigenvalue weighted by Crippen LogP contribution is -2.04. The van der Waals surface area contributed by atoms with E-state index in [4.69, 9.17) is 16.3 Å². The Morgan fingerprint density at radius 2 is 2.45 bits per heavy atom. The average Bonchev–Trinajstić information content (AvgIpc) is 2.28. The lowest BCUT2D eigenvalue weighted by molar-refractivity contribution is 0.183. The molecule has 62 valence electrons. The van der Waals surface area contributed by atoms with Crippen molar-refractivity contribution in [2.24, 2.45) is 0 Å². The third-order valence-corrected chi connectivity index (χ3v) is 1.78. The Labute approximate surface area is 70.9 Å². The standard InChI is InChI=1S/C7H11ClN2O/c1-6-7(8)5-10(9-6)3-4-11-2/h5H,3-4H2,1-2H3. The van der Waals surface area contributed by atoms with E-state index in [1.165, 1.54) is 0 Å². The van der Waals surface area contributed by atoms with Crippen molar-refractivity contribution in [1.29, 1.82) is 0 Å². The molecule has 0 fully saturated rings. The summed E-state index contributed by atoms with van der Waals surface area (Å²) in [5.74, 6) is 0. The fourth-order valence-electron chi connectivity index (χ4n) is 0.793. The fourth-order valence-corrected chi connectivity index (χ4v) is 0.943. The van der Waals surface area contributed by atoms with E-state index in [0.717, 1.165) is 12.2 Å². The molecule has 0 radical (unpaired) electrons. The normalized spacial score (nSPS) is 10.5. The maximum atomic E-state index is 5.78. The number of aryl methyl sites for hydroxylation is 1. The lowest BCUT2D eigenvalue weighted by atomic mass is 10.5. The summed E-state index contributed by atoms with van der Waals surface area (Å²) >= 11 is 5.78. The fraction of sp³-hybridized carbons (Fsp3) is 0.571. The van der Waals surface area contributed by atoms with Gasteiger partial charge in [-0.25, -0.2) is 0 Å². The summed E-state index contributed by atoms with van der Waals surface area (Å²) in [4.78, 5) is 0. The molecule has 4 heteroatoms. The number of ether oxygens (including phenoxy) is 1. The zero-order valence-corrected chi connectivity index (χ0v) is 7.43. The highest BCUT2D eigenvalue weighted by molar-refractivity contribution is 6.31. The number of aromatic nitrogens is 2. The van der Waals surface area contributed by atoms with Crippen molar-refractivity contribution in [3.05, 3.63) is 16.9 Å². The highest BCUT2D eigenvalue weighted by atomic mass is 35.5. The predicted molar refractivity (Wildman–Crippen MR) is 43.9 cm³/mol. The number of nitrogens with zero attached hydrogens (tertiary/aromatic N) is 2. The van der Waals surface area contributed by atoms with Gasteiger partial charge in [0.25, 0.3) is 0 Å². The zero-order valence-electron chi connectivity index (χ0n) is 6.67.